The molecule has 1 aliphatic rings. The van der Waals surface area contributed by atoms with Gasteiger partial charge in [-0.2, -0.15) is 0 Å². The van der Waals surface area contributed by atoms with Crippen molar-refractivity contribution in [3.05, 3.63) is 116 Å². The molecule has 39 heavy (non-hydrogen) atoms. The number of hydrogen-bond donors (Lipinski definition) is 1. The van der Waals surface area contributed by atoms with Crippen LogP contribution >= 0.6 is 23.2 Å². The van der Waals surface area contributed by atoms with Gasteiger partial charge in [-0.3, -0.25) is 9.59 Å². The molecule has 0 aliphatic carbocycles. The number of benzene rings is 3. The van der Waals surface area contributed by atoms with Gasteiger partial charge < -0.3 is 15.0 Å². The smallest absolute Gasteiger partial charge is 0.336 e. The van der Waals surface area contributed by atoms with Gasteiger partial charge in [-0.05, 0) is 61.2 Å². The van der Waals surface area contributed by atoms with Crippen LogP contribution in [-0.2, 0) is 27.3 Å². The fourth-order valence-electron chi connectivity index (χ4n) is 4.70. The Balaban J connectivity index is 1.49. The number of carbonyl (C=O) groups is 3. The second-order valence-electron chi connectivity index (χ2n) is 9.32. The molecule has 0 aromatic heterocycles. The monoisotopic (exact) mass is 564 g/mol. The second kappa shape index (κ2) is 13.0. The van der Waals surface area contributed by atoms with Crippen LogP contribution in [0.1, 0.15) is 53.2 Å². The Labute approximate surface area is 238 Å². The van der Waals surface area contributed by atoms with Gasteiger partial charge in [0.1, 0.15) is 0 Å². The lowest BCUT2D eigenvalue weighted by Gasteiger charge is -2.34. The van der Waals surface area contributed by atoms with E-state index >= 15 is 0 Å². The summed E-state index contributed by atoms with van der Waals surface area (Å²) in [5, 5.41) is 3.70. The molecule has 0 radical (unpaired) electrons. The van der Waals surface area contributed by atoms with E-state index in [2.05, 4.69) is 5.32 Å². The van der Waals surface area contributed by atoms with E-state index in [1.54, 1.807) is 49.1 Å². The lowest BCUT2D eigenvalue weighted by molar-refractivity contribution is -0.140. The van der Waals surface area contributed by atoms with Gasteiger partial charge in [0.15, 0.2) is 0 Å². The first kappa shape index (κ1) is 28.4. The van der Waals surface area contributed by atoms with E-state index < -0.39 is 11.9 Å². The van der Waals surface area contributed by atoms with Crippen molar-refractivity contribution in [2.24, 2.45) is 0 Å². The number of rotatable bonds is 9. The summed E-state index contributed by atoms with van der Waals surface area (Å²) in [5.41, 5.74) is 4.21. The van der Waals surface area contributed by atoms with E-state index in [1.165, 1.54) is 0 Å². The minimum absolute atomic E-state index is 0.0886. The summed E-state index contributed by atoms with van der Waals surface area (Å²) in [5.74, 6) is -1.24. The molecule has 2 amide bonds. The summed E-state index contributed by atoms with van der Waals surface area (Å²) in [6, 6.07) is 22.2. The lowest BCUT2D eigenvalue weighted by atomic mass is 9.83. The highest BCUT2D eigenvalue weighted by Gasteiger charge is 2.37. The molecule has 8 heteroatoms. The number of allylic oxidation sites excluding steroid dienone is 1. The van der Waals surface area contributed by atoms with Crippen molar-refractivity contribution >= 4 is 41.0 Å². The normalized spacial score (nSPS) is 15.3. The molecule has 1 unspecified atom stereocenters. The molecule has 3 aromatic carbocycles. The van der Waals surface area contributed by atoms with Crippen molar-refractivity contribution in [1.29, 1.82) is 0 Å². The Morgan fingerprint density at radius 2 is 1.69 bits per heavy atom. The third-order valence-corrected chi connectivity index (χ3v) is 7.50. The number of esters is 1. The van der Waals surface area contributed by atoms with Crippen molar-refractivity contribution in [3.8, 4) is 0 Å². The van der Waals surface area contributed by atoms with Crippen LogP contribution < -0.4 is 5.32 Å². The molecular weight excluding hydrogens is 535 g/mol. The molecule has 1 N–H and O–H groups in total. The third kappa shape index (κ3) is 6.88. The third-order valence-electron chi connectivity index (χ3n) is 6.76. The average Bonchev–Trinajstić information content (AvgIpc) is 2.93. The highest BCUT2D eigenvalue weighted by molar-refractivity contribution is 6.42. The first-order chi connectivity index (χ1) is 18.8. The maximum absolute atomic E-state index is 13.3. The highest BCUT2D eigenvalue weighted by atomic mass is 35.5. The number of hydrogen-bond acceptors (Lipinski definition) is 4. The summed E-state index contributed by atoms with van der Waals surface area (Å²) in [6.07, 6.45) is 0.838. The predicted molar refractivity (Wildman–Crippen MR) is 153 cm³/mol. The molecule has 6 nitrogen and oxygen atoms in total. The number of nitrogens with one attached hydrogen (secondary N) is 1. The molecule has 0 spiro atoms. The molecule has 0 fully saturated rings. The second-order valence-corrected chi connectivity index (χ2v) is 10.1. The van der Waals surface area contributed by atoms with Gasteiger partial charge in [0.05, 0.1) is 28.8 Å². The molecule has 3 aromatic rings. The summed E-state index contributed by atoms with van der Waals surface area (Å²) in [4.78, 5) is 40.5. The number of carbonyl (C=O) groups excluding carboxylic acids is 3. The quantitative estimate of drug-likeness (QED) is 0.308. The predicted octanol–water partition coefficient (Wildman–Crippen LogP) is 6.32. The Morgan fingerprint density at radius 3 is 2.36 bits per heavy atom. The van der Waals surface area contributed by atoms with Gasteiger partial charge in [0.2, 0.25) is 5.91 Å². The van der Waals surface area contributed by atoms with Crippen LogP contribution in [0.5, 0.6) is 0 Å². The zero-order valence-electron chi connectivity index (χ0n) is 21.9. The van der Waals surface area contributed by atoms with Crippen molar-refractivity contribution < 1.29 is 19.1 Å². The number of ether oxygens (including phenoxy) is 1. The van der Waals surface area contributed by atoms with Gasteiger partial charge >= 0.3 is 5.97 Å². The standard InChI is InChI=1S/C31H30Cl2N2O4/c1-3-39-31(38)29-20(2)35(28(36)18-25(29)24-13-14-26(32)27(33)17-24)19-22-9-11-23(12-10-22)30(37)34-16-15-21-7-5-4-6-8-21/h4-14,17,25H,3,15-16,18-19H2,1-2H3,(H,34,37). The van der Waals surface area contributed by atoms with Gasteiger partial charge in [0, 0.05) is 30.1 Å². The molecule has 202 valence electrons. The highest BCUT2D eigenvalue weighted by Crippen LogP contribution is 2.39. The number of halogens is 2. The van der Waals surface area contributed by atoms with Crippen molar-refractivity contribution in [1.82, 2.24) is 10.2 Å². The topological polar surface area (TPSA) is 75.7 Å². The molecule has 0 bridgehead atoms. The molecule has 1 heterocycles. The Bertz CT molecular complexity index is 1390. The Morgan fingerprint density at radius 1 is 0.974 bits per heavy atom. The van der Waals surface area contributed by atoms with Gasteiger partial charge in [-0.25, -0.2) is 4.79 Å². The first-order valence-corrected chi connectivity index (χ1v) is 13.6. The minimum Gasteiger partial charge on any atom is -0.463 e. The van der Waals surface area contributed by atoms with Gasteiger partial charge in [-0.1, -0.05) is 71.7 Å². The van der Waals surface area contributed by atoms with Crippen molar-refractivity contribution in [2.75, 3.05) is 13.2 Å². The van der Waals surface area contributed by atoms with E-state index in [1.807, 2.05) is 42.5 Å². The molecular formula is C31H30Cl2N2O4. The van der Waals surface area contributed by atoms with E-state index in [9.17, 15) is 14.4 Å². The van der Waals surface area contributed by atoms with Crippen molar-refractivity contribution in [3.63, 3.8) is 0 Å². The van der Waals surface area contributed by atoms with Gasteiger partial charge in [0.25, 0.3) is 5.91 Å². The lowest BCUT2D eigenvalue weighted by Crippen LogP contribution is -2.38. The van der Waals surface area contributed by atoms with Crippen molar-refractivity contribution in [2.45, 2.75) is 39.2 Å². The number of nitrogens with zero attached hydrogens (tertiary/aromatic N) is 1. The van der Waals surface area contributed by atoms with Crippen LogP contribution in [0.25, 0.3) is 0 Å². The molecule has 1 atom stereocenters. The Hall–Kier alpha value is -3.61. The fraction of sp³-hybridized carbons (Fsp3) is 0.258. The van der Waals surface area contributed by atoms with E-state index in [0.717, 1.165) is 23.1 Å². The van der Waals surface area contributed by atoms with Crippen LogP contribution in [-0.4, -0.2) is 35.8 Å². The maximum atomic E-state index is 13.3. The first-order valence-electron chi connectivity index (χ1n) is 12.8. The summed E-state index contributed by atoms with van der Waals surface area (Å²) < 4.78 is 5.36. The SMILES string of the molecule is CCOC(=O)C1=C(C)N(Cc2ccc(C(=O)NCCc3ccccc3)cc2)C(=O)CC1c1ccc(Cl)c(Cl)c1. The van der Waals surface area contributed by atoms with Crippen LogP contribution in [0, 0.1) is 0 Å². The van der Waals surface area contributed by atoms with E-state index in [0.29, 0.717) is 33.4 Å². The fourth-order valence-corrected chi connectivity index (χ4v) is 5.01. The molecule has 4 rings (SSSR count). The average molecular weight is 565 g/mol. The number of amides is 2. The van der Waals surface area contributed by atoms with Crippen LogP contribution in [0.2, 0.25) is 10.0 Å². The summed E-state index contributed by atoms with van der Waals surface area (Å²) >= 11 is 12.3. The molecule has 0 saturated carbocycles. The molecule has 1 aliphatic heterocycles. The summed E-state index contributed by atoms with van der Waals surface area (Å²) in [6.45, 7) is 4.51. The zero-order valence-corrected chi connectivity index (χ0v) is 23.4. The van der Waals surface area contributed by atoms with E-state index in [-0.39, 0.29) is 31.4 Å². The molecule has 0 saturated heterocycles. The van der Waals surface area contributed by atoms with Crippen LogP contribution in [0.4, 0.5) is 0 Å². The Kier molecular flexibility index (Phi) is 9.44. The van der Waals surface area contributed by atoms with Gasteiger partial charge in [-0.15, -0.1) is 0 Å². The minimum atomic E-state index is -0.496. The van der Waals surface area contributed by atoms with Crippen LogP contribution in [0.15, 0.2) is 84.1 Å². The largest absolute Gasteiger partial charge is 0.463 e. The zero-order chi connectivity index (χ0) is 27.9. The summed E-state index contributed by atoms with van der Waals surface area (Å²) in [7, 11) is 0. The van der Waals surface area contributed by atoms with Crippen LogP contribution in [0.3, 0.4) is 0 Å². The van der Waals surface area contributed by atoms with E-state index in [4.69, 9.17) is 27.9 Å². The maximum Gasteiger partial charge on any atom is 0.336 e.